The fourth-order valence-electron chi connectivity index (χ4n) is 5.84. The van der Waals surface area contributed by atoms with Gasteiger partial charge in [-0.2, -0.15) is 0 Å². The van der Waals surface area contributed by atoms with Crippen LogP contribution < -0.4 is 5.32 Å². The minimum Gasteiger partial charge on any atom is -0.467 e. The number of nitrogens with zero attached hydrogens (tertiary/aromatic N) is 1. The van der Waals surface area contributed by atoms with Crippen molar-refractivity contribution in [3.05, 3.63) is 89.0 Å². The van der Waals surface area contributed by atoms with E-state index >= 15 is 0 Å². The molecule has 1 aliphatic heterocycles. The molecule has 6 heteroatoms. The first-order chi connectivity index (χ1) is 20.8. The molecule has 1 heterocycles. The number of anilines is 1. The third-order valence-electron chi connectivity index (χ3n) is 8.36. The molecular weight excluding hydrogens is 536 g/mol. The lowest BCUT2D eigenvalue weighted by atomic mass is 10.00. The number of unbranched alkanes of at least 4 members (excludes halogenated alkanes) is 7. The van der Waals surface area contributed by atoms with E-state index in [2.05, 4.69) is 24.4 Å². The van der Waals surface area contributed by atoms with Crippen LogP contribution in [0.2, 0.25) is 0 Å². The van der Waals surface area contributed by atoms with Crippen molar-refractivity contribution in [2.24, 2.45) is 5.92 Å². The normalized spacial score (nSPS) is 13.2. The predicted octanol–water partition coefficient (Wildman–Crippen LogP) is 8.44. The SMILES string of the molecule is CCCCCCCCCCc1ccc(C(=O)Nc2ccc(-c3ccc4c(c3)C(=O)N(C(C(=O)OC)C(C)C)C4)cc2)cc1. The van der Waals surface area contributed by atoms with Crippen LogP contribution >= 0.6 is 0 Å². The Morgan fingerprint density at radius 2 is 1.47 bits per heavy atom. The summed E-state index contributed by atoms with van der Waals surface area (Å²) in [5, 5.41) is 2.99. The first kappa shape index (κ1) is 32.0. The average molecular weight is 583 g/mol. The molecule has 0 bridgehead atoms. The lowest BCUT2D eigenvalue weighted by Gasteiger charge is -2.28. The van der Waals surface area contributed by atoms with E-state index in [4.69, 9.17) is 4.74 Å². The number of hydrogen-bond donors (Lipinski definition) is 1. The fraction of sp³-hybridized carbons (Fsp3) is 0.432. The second kappa shape index (κ2) is 15.5. The summed E-state index contributed by atoms with van der Waals surface area (Å²) in [6.45, 7) is 6.47. The number of hydrogen-bond acceptors (Lipinski definition) is 4. The number of rotatable bonds is 15. The molecular formula is C37H46N2O4. The molecule has 0 aromatic heterocycles. The Kier molecular flexibility index (Phi) is 11.5. The second-order valence-corrected chi connectivity index (χ2v) is 12.0. The van der Waals surface area contributed by atoms with Gasteiger partial charge in [-0.1, -0.05) is 102 Å². The zero-order chi connectivity index (χ0) is 30.8. The van der Waals surface area contributed by atoms with Crippen LogP contribution in [0.5, 0.6) is 0 Å². The van der Waals surface area contributed by atoms with Crippen LogP contribution in [0.4, 0.5) is 5.69 Å². The Morgan fingerprint density at radius 3 is 2.09 bits per heavy atom. The molecule has 0 saturated heterocycles. The highest BCUT2D eigenvalue weighted by molar-refractivity contribution is 6.04. The van der Waals surface area contributed by atoms with Crippen LogP contribution in [0.15, 0.2) is 66.7 Å². The van der Waals surface area contributed by atoms with Gasteiger partial charge in [-0.05, 0) is 71.3 Å². The Bertz CT molecular complexity index is 1380. The van der Waals surface area contributed by atoms with E-state index in [1.807, 2.05) is 68.4 Å². The Labute approximate surface area is 256 Å². The van der Waals surface area contributed by atoms with Crippen molar-refractivity contribution in [2.45, 2.75) is 91.1 Å². The third-order valence-corrected chi connectivity index (χ3v) is 8.36. The number of carbonyl (C=O) groups excluding carboxylic acids is 3. The average Bonchev–Trinajstić information content (AvgIpc) is 3.33. The standard InChI is InChI=1S/C37H46N2O4/c1-5-6-7-8-9-10-11-12-13-27-14-16-29(17-15-27)35(40)38-32-22-20-28(21-23-32)30-18-19-31-25-39(36(41)33(31)24-30)34(26(2)3)37(42)43-4/h14-24,26,34H,5-13,25H2,1-4H3,(H,38,40). The van der Waals surface area contributed by atoms with Crippen LogP contribution in [-0.2, 0) is 22.5 Å². The summed E-state index contributed by atoms with van der Waals surface area (Å²) in [7, 11) is 1.35. The molecule has 4 rings (SSSR count). The van der Waals surface area contributed by atoms with Crippen molar-refractivity contribution in [1.82, 2.24) is 4.90 Å². The fourth-order valence-corrected chi connectivity index (χ4v) is 5.84. The van der Waals surface area contributed by atoms with E-state index in [-0.39, 0.29) is 17.7 Å². The van der Waals surface area contributed by atoms with Gasteiger partial charge < -0.3 is 15.0 Å². The molecule has 1 atom stereocenters. The van der Waals surface area contributed by atoms with Crippen LogP contribution in [-0.4, -0.2) is 35.8 Å². The van der Waals surface area contributed by atoms with Gasteiger partial charge in [0, 0.05) is 23.4 Å². The molecule has 1 aliphatic rings. The maximum absolute atomic E-state index is 13.3. The first-order valence-corrected chi connectivity index (χ1v) is 15.8. The molecule has 0 saturated carbocycles. The molecule has 1 unspecified atom stereocenters. The summed E-state index contributed by atoms with van der Waals surface area (Å²) >= 11 is 0. The number of nitrogens with one attached hydrogen (secondary N) is 1. The van der Waals surface area contributed by atoms with Gasteiger partial charge in [0.05, 0.1) is 7.11 Å². The van der Waals surface area contributed by atoms with E-state index in [9.17, 15) is 14.4 Å². The van der Waals surface area contributed by atoms with Crippen LogP contribution in [0.1, 0.15) is 104 Å². The Morgan fingerprint density at radius 1 is 0.837 bits per heavy atom. The summed E-state index contributed by atoms with van der Waals surface area (Å²) in [5.74, 6) is -0.761. The highest BCUT2D eigenvalue weighted by Crippen LogP contribution is 2.32. The number of esters is 1. The molecule has 0 spiro atoms. The van der Waals surface area contributed by atoms with E-state index in [0.717, 1.165) is 23.1 Å². The van der Waals surface area contributed by atoms with Gasteiger partial charge in [0.15, 0.2) is 0 Å². The molecule has 6 nitrogen and oxygen atoms in total. The minimum atomic E-state index is -0.623. The molecule has 0 radical (unpaired) electrons. The summed E-state index contributed by atoms with van der Waals surface area (Å²) < 4.78 is 4.97. The van der Waals surface area contributed by atoms with Gasteiger partial charge in [-0.15, -0.1) is 0 Å². The number of aryl methyl sites for hydroxylation is 1. The number of fused-ring (bicyclic) bond motifs is 1. The van der Waals surface area contributed by atoms with Crippen LogP contribution in [0, 0.1) is 5.92 Å². The maximum Gasteiger partial charge on any atom is 0.328 e. The summed E-state index contributed by atoms with van der Waals surface area (Å²) in [4.78, 5) is 40.1. The van der Waals surface area contributed by atoms with E-state index in [1.165, 1.54) is 64.0 Å². The summed E-state index contributed by atoms with van der Waals surface area (Å²) in [6.07, 6.45) is 11.5. The van der Waals surface area contributed by atoms with Gasteiger partial charge in [0.25, 0.3) is 11.8 Å². The molecule has 2 amide bonds. The minimum absolute atomic E-state index is 0.0643. The van der Waals surface area contributed by atoms with Gasteiger partial charge >= 0.3 is 5.97 Å². The highest BCUT2D eigenvalue weighted by atomic mass is 16.5. The van der Waals surface area contributed by atoms with Gasteiger partial charge in [-0.25, -0.2) is 4.79 Å². The number of benzene rings is 3. The van der Waals surface area contributed by atoms with Crippen molar-refractivity contribution in [3.8, 4) is 11.1 Å². The number of methoxy groups -OCH3 is 1. The number of carbonyl (C=O) groups is 3. The summed E-state index contributed by atoms with van der Waals surface area (Å²) in [5.41, 5.74) is 5.96. The first-order valence-electron chi connectivity index (χ1n) is 15.8. The monoisotopic (exact) mass is 582 g/mol. The highest BCUT2D eigenvalue weighted by Gasteiger charge is 2.38. The largest absolute Gasteiger partial charge is 0.467 e. The van der Waals surface area contributed by atoms with Gasteiger partial charge in [-0.3, -0.25) is 9.59 Å². The van der Waals surface area contributed by atoms with Crippen LogP contribution in [0.25, 0.3) is 11.1 Å². The Hall–Kier alpha value is -3.93. The van der Waals surface area contributed by atoms with Crippen molar-refractivity contribution in [1.29, 1.82) is 0 Å². The molecule has 0 aliphatic carbocycles. The zero-order valence-corrected chi connectivity index (χ0v) is 26.2. The zero-order valence-electron chi connectivity index (χ0n) is 26.2. The molecule has 3 aromatic carbocycles. The lowest BCUT2D eigenvalue weighted by Crippen LogP contribution is -2.45. The van der Waals surface area contributed by atoms with Crippen LogP contribution in [0.3, 0.4) is 0 Å². The number of ether oxygens (including phenoxy) is 1. The quantitative estimate of drug-likeness (QED) is 0.144. The second-order valence-electron chi connectivity index (χ2n) is 12.0. The maximum atomic E-state index is 13.3. The lowest BCUT2D eigenvalue weighted by molar-refractivity contribution is -0.147. The van der Waals surface area contributed by atoms with Crippen molar-refractivity contribution >= 4 is 23.5 Å². The molecule has 0 fully saturated rings. The third kappa shape index (κ3) is 8.34. The van der Waals surface area contributed by atoms with E-state index < -0.39 is 12.0 Å². The topological polar surface area (TPSA) is 75.7 Å². The molecule has 3 aromatic rings. The van der Waals surface area contributed by atoms with E-state index in [0.29, 0.717) is 23.4 Å². The van der Waals surface area contributed by atoms with E-state index in [1.54, 1.807) is 4.90 Å². The molecule has 228 valence electrons. The van der Waals surface area contributed by atoms with Crippen molar-refractivity contribution in [3.63, 3.8) is 0 Å². The van der Waals surface area contributed by atoms with Gasteiger partial charge in [0.2, 0.25) is 0 Å². The molecule has 43 heavy (non-hydrogen) atoms. The predicted molar refractivity (Wildman–Crippen MR) is 173 cm³/mol. The summed E-state index contributed by atoms with van der Waals surface area (Å²) in [6, 6.07) is 20.7. The van der Waals surface area contributed by atoms with Crippen molar-refractivity contribution in [2.75, 3.05) is 12.4 Å². The Balaban J connectivity index is 1.30. The smallest absolute Gasteiger partial charge is 0.328 e. The molecule has 1 N–H and O–H groups in total. The van der Waals surface area contributed by atoms with Gasteiger partial charge in [0.1, 0.15) is 6.04 Å². The number of amides is 2. The van der Waals surface area contributed by atoms with Crippen molar-refractivity contribution < 1.29 is 19.1 Å².